The SMILES string of the molecule is C/C(=N/O)C(C)(C)NCCN(CCN)CCNC(C)(C)/C(C)=N\O.C/C(=N\O)C(C)(C)NCC(C)(CN)CNC(C)(C)/C(C)=N/O.C/C(=N\O)C(C)(C)NCCC(CCN)CCNC(C)(C)/C(C)=N/O.CC(C)(S)CNCC(CN)NCC(C)(C)S.O=C(O)c1ccc(NCc2ccccc2O)c(NCc2ccccc2O)c1. The zero-order valence-electron chi connectivity index (χ0n) is 72.6. The number of aromatic carboxylic acids is 1. The highest BCUT2D eigenvalue weighted by Crippen LogP contribution is 2.28. The first kappa shape index (κ1) is 108. The first-order valence-corrected chi connectivity index (χ1v) is 39.7. The minimum Gasteiger partial charge on any atom is -0.508 e. The Bertz CT molecular complexity index is 3170. The Morgan fingerprint density at radius 2 is 0.805 bits per heavy atom. The predicted octanol–water partition coefficient (Wildman–Crippen LogP) is 9.17. The van der Waals surface area contributed by atoms with Gasteiger partial charge in [0.25, 0.3) is 0 Å². The van der Waals surface area contributed by atoms with Crippen LogP contribution in [0.5, 0.6) is 11.5 Å². The standard InChI is InChI=1S/C21H20N2O4.C17H37N5O2.C16H36N6O2.C15H33N5O2.C11H27N3S2/c24-19-7-3-1-5-15(19)12-22-17-10-9-14(21(26)27)11-18(17)23-13-16-6-2-4-8-20(16)25;1-13(21-23)16(3,4)19-11-8-15(7-10-18)9-12-20-17(5,6)14(2)22-24;1-13(20-23)15(3,4)18-8-11-22(10-7-17)12-9-19-16(5,6)14(2)21-24;1-11(19-21)13(3,4)17-9-15(7,8-16)10-18-14(5,6)12(2)20-22;1-10(2,15)7-13-6-9(5-12)14-8-11(3,4)16/h1-11,22-25H,12-13H2,(H,26,27);15,19-20,23-24H,7-12,18H2,1-6H3;18-19,23-24H,7-12,17H2,1-6H3;17-18,21-22H,8-10,16H2,1-7H3;9,13-16H,5-8,12H2,1-4H3/b;21-13+,22-14+;20-13-,21-14-;19-11+,20-12+;. The van der Waals surface area contributed by atoms with Gasteiger partial charge in [-0.3, -0.25) is 4.90 Å². The first-order chi connectivity index (χ1) is 52.3. The van der Waals surface area contributed by atoms with Crippen molar-refractivity contribution in [2.45, 2.75) is 240 Å². The van der Waals surface area contributed by atoms with E-state index >= 15 is 0 Å². The van der Waals surface area contributed by atoms with Crippen LogP contribution >= 0.6 is 25.3 Å². The van der Waals surface area contributed by atoms with Gasteiger partial charge < -0.3 is 123 Å². The second-order valence-corrected chi connectivity index (χ2v) is 36.0. The van der Waals surface area contributed by atoms with E-state index in [9.17, 15) is 20.1 Å². The number of nitrogens with two attached hydrogens (primary N) is 4. The Labute approximate surface area is 688 Å². The van der Waals surface area contributed by atoms with Crippen molar-refractivity contribution in [1.82, 2.24) is 47.4 Å². The fourth-order valence-electron chi connectivity index (χ4n) is 9.87. The number of carbonyl (C=O) groups is 1. The van der Waals surface area contributed by atoms with Crippen molar-refractivity contribution in [1.29, 1.82) is 0 Å². The molecule has 0 amide bonds. The minimum absolute atomic E-state index is 0.00373. The van der Waals surface area contributed by atoms with Crippen molar-refractivity contribution in [3.05, 3.63) is 83.4 Å². The van der Waals surface area contributed by atoms with Crippen LogP contribution in [0.25, 0.3) is 0 Å². The minimum atomic E-state index is -1.02. The van der Waals surface area contributed by atoms with Crippen LogP contribution in [0.1, 0.15) is 200 Å². The number of carboxylic acid groups (broad SMARTS) is 1. The number of hydrogen-bond donors (Lipinski definition) is 25. The van der Waals surface area contributed by atoms with Crippen molar-refractivity contribution in [3.8, 4) is 11.5 Å². The molecule has 0 aliphatic heterocycles. The molecule has 27 N–H and O–H groups in total. The molecule has 0 aliphatic rings. The van der Waals surface area contributed by atoms with Gasteiger partial charge in [-0.25, -0.2) is 4.79 Å². The van der Waals surface area contributed by atoms with Crippen LogP contribution in [0.4, 0.5) is 11.4 Å². The van der Waals surface area contributed by atoms with E-state index in [0.29, 0.717) is 116 Å². The highest BCUT2D eigenvalue weighted by molar-refractivity contribution is 7.82. The Morgan fingerprint density at radius 3 is 1.12 bits per heavy atom. The molecule has 0 bridgehead atoms. The third-order valence-corrected chi connectivity index (χ3v) is 20.5. The molecular formula is C80H153N21O10S2. The van der Waals surface area contributed by atoms with Crippen molar-refractivity contribution >= 4 is 76.9 Å². The number of phenols is 2. The number of anilines is 2. The number of nitrogens with zero attached hydrogens (tertiary/aromatic N) is 7. The van der Waals surface area contributed by atoms with E-state index in [4.69, 9.17) is 54.2 Å². The van der Waals surface area contributed by atoms with Crippen LogP contribution in [-0.2, 0) is 13.1 Å². The van der Waals surface area contributed by atoms with Crippen LogP contribution in [0.2, 0.25) is 0 Å². The maximum atomic E-state index is 11.3. The fourth-order valence-corrected chi connectivity index (χ4v) is 10.1. The highest BCUT2D eigenvalue weighted by atomic mass is 32.1. The lowest BCUT2D eigenvalue weighted by molar-refractivity contribution is 0.0696. The second kappa shape index (κ2) is 53.5. The number of rotatable bonds is 48. The van der Waals surface area contributed by atoms with Gasteiger partial charge in [0.1, 0.15) is 11.5 Å². The molecule has 0 spiro atoms. The summed E-state index contributed by atoms with van der Waals surface area (Å²) in [5, 5.41) is 136. The molecule has 650 valence electrons. The summed E-state index contributed by atoms with van der Waals surface area (Å²) in [6.07, 6.45) is 2.99. The van der Waals surface area contributed by atoms with Gasteiger partial charge in [-0.15, -0.1) is 0 Å². The summed E-state index contributed by atoms with van der Waals surface area (Å²) < 4.78 is 0.0121. The van der Waals surface area contributed by atoms with Gasteiger partial charge in [0.15, 0.2) is 0 Å². The molecule has 0 saturated heterocycles. The summed E-state index contributed by atoms with van der Waals surface area (Å²) in [4.78, 5) is 13.6. The van der Waals surface area contributed by atoms with E-state index in [-0.39, 0.29) is 54.1 Å². The number of phenolic OH excluding ortho intramolecular Hbond substituents is 2. The molecule has 0 aliphatic carbocycles. The van der Waals surface area contributed by atoms with E-state index < -0.39 is 17.0 Å². The lowest BCUT2D eigenvalue weighted by Gasteiger charge is -2.37. The number of aromatic hydroxyl groups is 2. The number of thiol groups is 2. The quantitative estimate of drug-likeness (QED) is 0.0108. The molecule has 1 atom stereocenters. The number of hydrogen-bond acceptors (Lipinski definition) is 32. The van der Waals surface area contributed by atoms with E-state index in [2.05, 4.69) is 149 Å². The van der Waals surface area contributed by atoms with Gasteiger partial charge in [-0.05, 0) is 227 Å². The van der Waals surface area contributed by atoms with Crippen molar-refractivity contribution in [2.75, 3.05) is 115 Å². The zero-order valence-corrected chi connectivity index (χ0v) is 74.4. The van der Waals surface area contributed by atoms with E-state index in [0.717, 1.165) is 90.3 Å². The van der Waals surface area contributed by atoms with Gasteiger partial charge in [-0.1, -0.05) is 74.3 Å². The molecule has 0 saturated carbocycles. The molecule has 31 nitrogen and oxygen atoms in total. The molecule has 0 radical (unpaired) electrons. The van der Waals surface area contributed by atoms with Gasteiger partial charge in [-0.2, -0.15) is 25.3 Å². The van der Waals surface area contributed by atoms with Crippen LogP contribution < -0.4 is 76.1 Å². The number of para-hydroxylation sites is 2. The zero-order chi connectivity index (χ0) is 87.3. The van der Waals surface area contributed by atoms with E-state index in [1.165, 1.54) is 12.1 Å². The van der Waals surface area contributed by atoms with Crippen LogP contribution in [0.3, 0.4) is 0 Å². The molecule has 3 rings (SSSR count). The molecular weight excluding hydrogens is 1480 g/mol. The largest absolute Gasteiger partial charge is 0.508 e. The number of nitrogens with one attached hydrogen (secondary N) is 10. The number of carboxylic acids is 1. The fraction of sp³-hybridized carbons (Fsp3) is 0.688. The Kier molecular flexibility index (Phi) is 51.4. The Morgan fingerprint density at radius 1 is 0.451 bits per heavy atom. The van der Waals surface area contributed by atoms with Gasteiger partial charge in [0.05, 0.1) is 84.4 Å². The van der Waals surface area contributed by atoms with Crippen LogP contribution in [0.15, 0.2) is 97.7 Å². The van der Waals surface area contributed by atoms with E-state index in [1.54, 1.807) is 77.9 Å². The van der Waals surface area contributed by atoms with Crippen molar-refractivity contribution in [3.63, 3.8) is 0 Å². The molecule has 33 heteroatoms. The molecule has 113 heavy (non-hydrogen) atoms. The lowest BCUT2D eigenvalue weighted by Crippen LogP contribution is -2.56. The third-order valence-electron chi connectivity index (χ3n) is 20.2. The van der Waals surface area contributed by atoms with Crippen LogP contribution in [-0.4, -0.2) is 245 Å². The predicted molar refractivity (Wildman–Crippen MR) is 475 cm³/mol. The van der Waals surface area contributed by atoms with Gasteiger partial charge in [0, 0.05) is 130 Å². The summed E-state index contributed by atoms with van der Waals surface area (Å²) >= 11 is 8.93. The van der Waals surface area contributed by atoms with Crippen LogP contribution in [0, 0.1) is 11.3 Å². The van der Waals surface area contributed by atoms with E-state index in [1.807, 2.05) is 101 Å². The molecule has 0 aromatic heterocycles. The van der Waals surface area contributed by atoms with Gasteiger partial charge in [0.2, 0.25) is 0 Å². The smallest absolute Gasteiger partial charge is 0.335 e. The molecule has 1 unspecified atom stereocenters. The Hall–Kier alpha value is -6.67. The Balaban J connectivity index is 0. The van der Waals surface area contributed by atoms with Crippen molar-refractivity contribution in [2.24, 2.45) is 65.2 Å². The number of benzene rings is 3. The normalized spacial score (nSPS) is 14.4. The lowest BCUT2D eigenvalue weighted by atomic mass is 9.87. The average Bonchev–Trinajstić information content (AvgIpc) is 0.839. The second-order valence-electron chi connectivity index (χ2n) is 33.5. The van der Waals surface area contributed by atoms with Crippen molar-refractivity contribution < 1.29 is 51.4 Å². The maximum absolute atomic E-state index is 11.3. The first-order valence-electron chi connectivity index (χ1n) is 38.8. The highest BCUT2D eigenvalue weighted by Gasteiger charge is 2.32. The summed E-state index contributed by atoms with van der Waals surface area (Å²) in [7, 11) is 0. The summed E-state index contributed by atoms with van der Waals surface area (Å²) in [6, 6.07) is 19.0. The summed E-state index contributed by atoms with van der Waals surface area (Å²) in [6.45, 7) is 57.6. The summed E-state index contributed by atoms with van der Waals surface area (Å²) in [5.74, 6) is -0.147. The van der Waals surface area contributed by atoms with Gasteiger partial charge >= 0.3 is 5.97 Å². The molecule has 0 heterocycles. The molecule has 0 fully saturated rings. The number of oxime groups is 6. The third kappa shape index (κ3) is 46.0. The molecule has 3 aromatic rings. The monoisotopic (exact) mass is 1630 g/mol. The average molecular weight is 1630 g/mol. The maximum Gasteiger partial charge on any atom is 0.335 e. The summed E-state index contributed by atoms with van der Waals surface area (Å²) in [5.41, 5.74) is 27.4. The molecule has 3 aromatic carbocycles. The topological polar surface area (TPSA) is 501 Å².